The van der Waals surface area contributed by atoms with E-state index in [-0.39, 0.29) is 22.0 Å². The molecular weight excluding hydrogens is 330 g/mol. The van der Waals surface area contributed by atoms with Crippen molar-refractivity contribution in [3.63, 3.8) is 0 Å². The first kappa shape index (κ1) is 16.8. The molecule has 21 heavy (non-hydrogen) atoms. The fraction of sp³-hybridized carbons (Fsp3) is 0.643. The molecule has 1 aromatic rings. The maximum atomic E-state index is 12.0. The van der Waals surface area contributed by atoms with E-state index in [1.54, 1.807) is 6.07 Å². The second-order valence-corrected chi connectivity index (χ2v) is 9.63. The minimum absolute atomic E-state index is 0.0601. The molecule has 0 spiro atoms. The van der Waals surface area contributed by atoms with Crippen molar-refractivity contribution in [1.29, 1.82) is 0 Å². The van der Waals surface area contributed by atoms with E-state index in [1.807, 2.05) is 0 Å². The van der Waals surface area contributed by atoms with Gasteiger partial charge in [-0.05, 0) is 36.8 Å². The lowest BCUT2D eigenvalue weighted by Gasteiger charge is -2.27. The molecule has 1 heterocycles. The summed E-state index contributed by atoms with van der Waals surface area (Å²) in [5.41, 5.74) is 0.260. The van der Waals surface area contributed by atoms with E-state index in [0.29, 0.717) is 11.4 Å². The van der Waals surface area contributed by atoms with E-state index in [4.69, 9.17) is 10.7 Å². The van der Waals surface area contributed by atoms with Gasteiger partial charge in [-0.25, -0.2) is 8.42 Å². The maximum absolute atomic E-state index is 12.0. The molecule has 1 aliphatic carbocycles. The SMILES string of the molecule is CCC1(CNC(=O)Cc2ccc(S(=O)(=O)Cl)s2)CCCC1. The molecule has 0 atom stereocenters. The van der Waals surface area contributed by atoms with E-state index in [0.717, 1.165) is 17.8 Å². The van der Waals surface area contributed by atoms with Crippen molar-refractivity contribution in [3.8, 4) is 0 Å². The predicted molar refractivity (Wildman–Crippen MR) is 85.3 cm³/mol. The van der Waals surface area contributed by atoms with Gasteiger partial charge in [-0.2, -0.15) is 0 Å². The third-order valence-electron chi connectivity index (χ3n) is 4.29. The summed E-state index contributed by atoms with van der Waals surface area (Å²) in [5, 5.41) is 3.00. The van der Waals surface area contributed by atoms with Crippen LogP contribution >= 0.6 is 22.0 Å². The zero-order valence-electron chi connectivity index (χ0n) is 12.0. The Bertz CT molecular complexity index is 603. The fourth-order valence-electron chi connectivity index (χ4n) is 2.87. The fourth-order valence-corrected chi connectivity index (χ4v) is 4.99. The van der Waals surface area contributed by atoms with Crippen LogP contribution in [0.4, 0.5) is 0 Å². The molecule has 0 saturated heterocycles. The summed E-state index contributed by atoms with van der Waals surface area (Å²) in [6.45, 7) is 2.89. The Hall–Kier alpha value is -0.590. The van der Waals surface area contributed by atoms with Crippen molar-refractivity contribution in [3.05, 3.63) is 17.0 Å². The molecule has 7 heteroatoms. The minimum atomic E-state index is -3.70. The predicted octanol–water partition coefficient (Wildman–Crippen LogP) is 3.30. The number of amides is 1. The lowest BCUT2D eigenvalue weighted by molar-refractivity contribution is -0.120. The highest BCUT2D eigenvalue weighted by Crippen LogP contribution is 2.40. The molecule has 0 bridgehead atoms. The van der Waals surface area contributed by atoms with Gasteiger partial charge in [0.25, 0.3) is 9.05 Å². The Kier molecular flexibility index (Phi) is 5.33. The van der Waals surface area contributed by atoms with Gasteiger partial charge in [0.2, 0.25) is 5.91 Å². The van der Waals surface area contributed by atoms with Crippen molar-refractivity contribution in [1.82, 2.24) is 5.32 Å². The summed E-state index contributed by atoms with van der Waals surface area (Å²) in [6, 6.07) is 3.09. The van der Waals surface area contributed by atoms with Crippen molar-refractivity contribution >= 4 is 37.0 Å². The van der Waals surface area contributed by atoms with Crippen molar-refractivity contribution in [2.45, 2.75) is 49.7 Å². The van der Waals surface area contributed by atoms with Gasteiger partial charge in [0.05, 0.1) is 6.42 Å². The zero-order chi connectivity index (χ0) is 15.5. The second kappa shape index (κ2) is 6.67. The van der Waals surface area contributed by atoms with Crippen LogP contribution < -0.4 is 5.32 Å². The van der Waals surface area contributed by atoms with Gasteiger partial charge < -0.3 is 5.32 Å². The first-order valence-electron chi connectivity index (χ1n) is 7.15. The van der Waals surface area contributed by atoms with Gasteiger partial charge in [-0.15, -0.1) is 11.3 Å². The van der Waals surface area contributed by atoms with Crippen LogP contribution in [0.3, 0.4) is 0 Å². The van der Waals surface area contributed by atoms with E-state index in [2.05, 4.69) is 12.2 Å². The van der Waals surface area contributed by atoms with Gasteiger partial charge in [0, 0.05) is 22.1 Å². The van der Waals surface area contributed by atoms with Gasteiger partial charge in [0.15, 0.2) is 0 Å². The van der Waals surface area contributed by atoms with Crippen LogP contribution in [0.5, 0.6) is 0 Å². The summed E-state index contributed by atoms with van der Waals surface area (Å²) in [7, 11) is 1.58. The maximum Gasteiger partial charge on any atom is 0.270 e. The van der Waals surface area contributed by atoms with Crippen LogP contribution in [0.1, 0.15) is 43.9 Å². The summed E-state index contributed by atoms with van der Waals surface area (Å²) in [5.74, 6) is -0.0601. The third kappa shape index (κ3) is 4.44. The smallest absolute Gasteiger partial charge is 0.270 e. The van der Waals surface area contributed by atoms with Crippen LogP contribution in [0, 0.1) is 5.41 Å². The highest BCUT2D eigenvalue weighted by Gasteiger charge is 2.32. The average Bonchev–Trinajstić information content (AvgIpc) is 3.05. The first-order chi connectivity index (χ1) is 9.85. The number of rotatable bonds is 6. The molecular formula is C14H20ClNO3S2. The number of thiophene rings is 1. The summed E-state index contributed by atoms with van der Waals surface area (Å²) >= 11 is 1.05. The van der Waals surface area contributed by atoms with Crippen molar-refractivity contribution < 1.29 is 13.2 Å². The van der Waals surface area contributed by atoms with Crippen LogP contribution in [-0.2, 0) is 20.3 Å². The number of hydrogen-bond donors (Lipinski definition) is 1. The van der Waals surface area contributed by atoms with Gasteiger partial charge in [0.1, 0.15) is 4.21 Å². The highest BCUT2D eigenvalue weighted by molar-refractivity contribution is 8.15. The van der Waals surface area contributed by atoms with Gasteiger partial charge in [-0.3, -0.25) is 4.79 Å². The summed E-state index contributed by atoms with van der Waals surface area (Å²) in [6.07, 6.45) is 6.13. The number of carbonyl (C=O) groups is 1. The van der Waals surface area contributed by atoms with Crippen LogP contribution in [0.15, 0.2) is 16.3 Å². The molecule has 0 aromatic carbocycles. The molecule has 1 aromatic heterocycles. The monoisotopic (exact) mass is 349 g/mol. The van der Waals surface area contributed by atoms with Crippen LogP contribution in [0.25, 0.3) is 0 Å². The van der Waals surface area contributed by atoms with Crippen LogP contribution in [0.2, 0.25) is 0 Å². The van der Waals surface area contributed by atoms with E-state index in [1.165, 1.54) is 31.7 Å². The average molecular weight is 350 g/mol. The van der Waals surface area contributed by atoms with E-state index >= 15 is 0 Å². The number of hydrogen-bond acceptors (Lipinski definition) is 4. The molecule has 1 fully saturated rings. The number of halogens is 1. The zero-order valence-corrected chi connectivity index (χ0v) is 14.4. The minimum Gasteiger partial charge on any atom is -0.355 e. The molecule has 1 saturated carbocycles. The molecule has 0 radical (unpaired) electrons. The normalized spacial score (nSPS) is 17.8. The Labute approximate surface area is 134 Å². The van der Waals surface area contributed by atoms with E-state index in [9.17, 15) is 13.2 Å². The third-order valence-corrected chi connectivity index (χ3v) is 7.46. The molecule has 4 nitrogen and oxygen atoms in total. The molecule has 118 valence electrons. The largest absolute Gasteiger partial charge is 0.355 e. The van der Waals surface area contributed by atoms with Crippen LogP contribution in [-0.4, -0.2) is 20.9 Å². The highest BCUT2D eigenvalue weighted by atomic mass is 35.7. The molecule has 2 rings (SSSR count). The summed E-state index contributed by atoms with van der Waals surface area (Å²) in [4.78, 5) is 12.7. The Morgan fingerprint density at radius 2 is 2.05 bits per heavy atom. The van der Waals surface area contributed by atoms with Gasteiger partial charge >= 0.3 is 0 Å². The number of carbonyl (C=O) groups excluding carboxylic acids is 1. The lowest BCUT2D eigenvalue weighted by Crippen LogP contribution is -2.36. The van der Waals surface area contributed by atoms with Gasteiger partial charge in [-0.1, -0.05) is 19.8 Å². The topological polar surface area (TPSA) is 63.2 Å². The molecule has 1 amide bonds. The lowest BCUT2D eigenvalue weighted by atomic mass is 9.83. The second-order valence-electron chi connectivity index (χ2n) is 5.67. The quantitative estimate of drug-likeness (QED) is 0.801. The molecule has 1 N–H and O–H groups in total. The van der Waals surface area contributed by atoms with Crippen molar-refractivity contribution in [2.75, 3.05) is 6.54 Å². The van der Waals surface area contributed by atoms with Crippen molar-refractivity contribution in [2.24, 2.45) is 5.41 Å². The first-order valence-corrected chi connectivity index (χ1v) is 10.3. The molecule has 0 aliphatic heterocycles. The Balaban J connectivity index is 1.89. The standard InChI is InChI=1S/C14H20ClNO3S2/c1-2-14(7-3-4-8-14)10-16-12(17)9-11-5-6-13(20-11)21(15,18)19/h5-6H,2-4,7-10H2,1H3,(H,16,17). The molecule has 0 unspecified atom stereocenters. The summed E-state index contributed by atoms with van der Waals surface area (Å²) < 4.78 is 22.5. The Morgan fingerprint density at radius 1 is 1.38 bits per heavy atom. The Morgan fingerprint density at radius 3 is 2.57 bits per heavy atom. The molecule has 1 aliphatic rings. The number of nitrogens with one attached hydrogen (secondary N) is 1. The van der Waals surface area contributed by atoms with E-state index < -0.39 is 9.05 Å².